The fourth-order valence-corrected chi connectivity index (χ4v) is 6.04. The Kier molecular flexibility index (Phi) is 4.94. The number of Topliss-reactive ketones (excluding diaryl/α,β-unsaturated/α-hetero) is 2. The number of hydrogen-bond donors (Lipinski definition) is 2. The molecule has 2 N–H and O–H groups in total. The average Bonchev–Trinajstić information content (AvgIpc) is 2.87. The fraction of sp³-hybridized carbons (Fsp3) is 0.682. The fourth-order valence-electron chi connectivity index (χ4n) is 6.04. The monoisotopic (exact) mass is 388 g/mol. The van der Waals surface area contributed by atoms with E-state index in [-0.39, 0.29) is 71.8 Å². The average molecular weight is 388 g/mol. The molecule has 0 unspecified atom stereocenters. The van der Waals surface area contributed by atoms with E-state index in [0.29, 0.717) is 12.8 Å². The summed E-state index contributed by atoms with van der Waals surface area (Å²) < 4.78 is 5.50. The highest BCUT2D eigenvalue weighted by Gasteiger charge is 2.52. The Morgan fingerprint density at radius 2 is 1.96 bits per heavy atom. The van der Waals surface area contributed by atoms with Gasteiger partial charge in [-0.15, -0.1) is 0 Å². The van der Waals surface area contributed by atoms with Crippen LogP contribution in [-0.2, 0) is 19.1 Å². The molecular formula is C22H28O6. The summed E-state index contributed by atoms with van der Waals surface area (Å²) in [5.41, 5.74) is 0.207. The molecule has 152 valence electrons. The van der Waals surface area contributed by atoms with E-state index in [4.69, 9.17) is 4.74 Å². The Bertz CT molecular complexity index is 765. The van der Waals surface area contributed by atoms with Gasteiger partial charge in [0.25, 0.3) is 0 Å². The second-order valence-corrected chi connectivity index (χ2v) is 9.08. The van der Waals surface area contributed by atoms with Crippen molar-refractivity contribution in [2.75, 3.05) is 0 Å². The summed E-state index contributed by atoms with van der Waals surface area (Å²) in [4.78, 5) is 37.6. The van der Waals surface area contributed by atoms with Crippen LogP contribution >= 0.6 is 0 Å². The van der Waals surface area contributed by atoms with E-state index in [1.807, 2.05) is 19.1 Å². The second kappa shape index (κ2) is 7.14. The largest absolute Gasteiger partial charge is 0.512 e. The first-order chi connectivity index (χ1) is 13.3. The summed E-state index contributed by atoms with van der Waals surface area (Å²) in [6, 6.07) is 0. The number of ketones is 2. The lowest BCUT2D eigenvalue weighted by Crippen LogP contribution is -2.44. The van der Waals surface area contributed by atoms with Crippen molar-refractivity contribution in [1.29, 1.82) is 0 Å². The zero-order valence-corrected chi connectivity index (χ0v) is 16.3. The van der Waals surface area contributed by atoms with Gasteiger partial charge in [-0.25, -0.2) is 4.79 Å². The molecule has 5 rings (SSSR count). The van der Waals surface area contributed by atoms with E-state index in [9.17, 15) is 24.6 Å². The Labute approximate surface area is 164 Å². The molecule has 2 bridgehead atoms. The number of rotatable bonds is 2. The van der Waals surface area contributed by atoms with Crippen molar-refractivity contribution in [3.05, 3.63) is 23.5 Å². The standard InChI is InChI=1S/C22H28O6/c1-10-5-16-15(21(10)26)4-3-12-7-13(24)8-14-9-18(25)20(22(27)28-14)17(19(12)16)6-11(2)23/h3-4,10,12-17,19,24-25H,5-9H2,1-2H3/t10-,12-,13-,14-,15+,16+,17-,19+/m1/s1. The van der Waals surface area contributed by atoms with E-state index in [0.717, 1.165) is 0 Å². The lowest BCUT2D eigenvalue weighted by Gasteiger charge is -2.44. The van der Waals surface area contributed by atoms with Crippen LogP contribution in [0.3, 0.4) is 0 Å². The second-order valence-electron chi connectivity index (χ2n) is 9.08. The SMILES string of the molecule is CC(=O)C[C@H]1C2=C(O)C[C@@H](C[C@H](O)C[C@H]3C=C[C@@H]4C(=O)[C@H](C)C[C@@H]4[C@H]31)OC2=O. The molecule has 0 radical (unpaired) electrons. The number of carbonyl (C=O) groups excluding carboxylic acids is 3. The van der Waals surface area contributed by atoms with Gasteiger partial charge < -0.3 is 19.7 Å². The minimum atomic E-state index is -0.675. The summed E-state index contributed by atoms with van der Waals surface area (Å²) in [5, 5.41) is 21.3. The number of ether oxygens (including phenoxy) is 1. The summed E-state index contributed by atoms with van der Waals surface area (Å²) in [6.07, 6.45) is 4.51. The Balaban J connectivity index is 1.84. The van der Waals surface area contributed by atoms with Crippen LogP contribution in [-0.4, -0.2) is 40.0 Å². The molecule has 2 heterocycles. The van der Waals surface area contributed by atoms with Gasteiger partial charge >= 0.3 is 5.97 Å². The third-order valence-electron chi connectivity index (χ3n) is 7.10. The van der Waals surface area contributed by atoms with Crippen molar-refractivity contribution in [2.45, 2.75) is 58.2 Å². The number of carbonyl (C=O) groups is 3. The third kappa shape index (κ3) is 3.21. The van der Waals surface area contributed by atoms with Crippen LogP contribution < -0.4 is 0 Å². The molecule has 0 spiro atoms. The predicted molar refractivity (Wildman–Crippen MR) is 100 cm³/mol. The maximum atomic E-state index is 12.8. The van der Waals surface area contributed by atoms with Gasteiger partial charge in [-0.2, -0.15) is 0 Å². The van der Waals surface area contributed by atoms with Gasteiger partial charge in [0.05, 0.1) is 11.7 Å². The van der Waals surface area contributed by atoms with Gasteiger partial charge in [0, 0.05) is 37.0 Å². The zero-order chi connectivity index (χ0) is 20.2. The number of allylic oxidation sites excluding steroid dienone is 2. The van der Waals surface area contributed by atoms with Crippen LogP contribution in [0.1, 0.15) is 46.0 Å². The normalized spacial score (nSPS) is 42.8. The molecule has 1 saturated heterocycles. The Morgan fingerprint density at radius 1 is 1.21 bits per heavy atom. The molecule has 6 heteroatoms. The first-order valence-corrected chi connectivity index (χ1v) is 10.3. The van der Waals surface area contributed by atoms with Crippen LogP contribution in [0.25, 0.3) is 0 Å². The van der Waals surface area contributed by atoms with E-state index in [1.54, 1.807) is 0 Å². The first kappa shape index (κ1) is 19.4. The van der Waals surface area contributed by atoms with Gasteiger partial charge in [0.1, 0.15) is 23.4 Å². The van der Waals surface area contributed by atoms with Crippen molar-refractivity contribution in [1.82, 2.24) is 0 Å². The Morgan fingerprint density at radius 3 is 2.64 bits per heavy atom. The van der Waals surface area contributed by atoms with E-state index in [1.165, 1.54) is 6.92 Å². The van der Waals surface area contributed by atoms with Crippen LogP contribution in [0, 0.1) is 35.5 Å². The molecule has 0 aromatic rings. The topological polar surface area (TPSA) is 101 Å². The molecular weight excluding hydrogens is 360 g/mol. The minimum absolute atomic E-state index is 0.000648. The molecule has 1 saturated carbocycles. The molecule has 2 aliphatic heterocycles. The molecule has 8 atom stereocenters. The molecule has 5 aliphatic rings. The maximum absolute atomic E-state index is 12.8. The number of aliphatic hydroxyl groups excluding tert-OH is 2. The third-order valence-corrected chi connectivity index (χ3v) is 7.10. The van der Waals surface area contributed by atoms with Crippen molar-refractivity contribution >= 4 is 17.5 Å². The van der Waals surface area contributed by atoms with Crippen molar-refractivity contribution in [3.63, 3.8) is 0 Å². The van der Waals surface area contributed by atoms with Gasteiger partial charge in [0.2, 0.25) is 0 Å². The summed E-state index contributed by atoms with van der Waals surface area (Å²) in [5.74, 6) is -1.49. The van der Waals surface area contributed by atoms with Crippen LogP contribution in [0.5, 0.6) is 0 Å². The van der Waals surface area contributed by atoms with Crippen molar-refractivity contribution in [3.8, 4) is 0 Å². The highest BCUT2D eigenvalue weighted by atomic mass is 16.5. The van der Waals surface area contributed by atoms with Crippen LogP contribution in [0.2, 0.25) is 0 Å². The molecule has 3 aliphatic carbocycles. The predicted octanol–water partition coefficient (Wildman–Crippen LogP) is 2.51. The minimum Gasteiger partial charge on any atom is -0.512 e. The van der Waals surface area contributed by atoms with Gasteiger partial charge in [-0.3, -0.25) is 4.79 Å². The van der Waals surface area contributed by atoms with Crippen molar-refractivity contribution < 1.29 is 29.3 Å². The number of hydrogen-bond acceptors (Lipinski definition) is 6. The maximum Gasteiger partial charge on any atom is 0.338 e. The molecule has 6 nitrogen and oxygen atoms in total. The molecule has 0 aromatic heterocycles. The molecule has 28 heavy (non-hydrogen) atoms. The van der Waals surface area contributed by atoms with Crippen LogP contribution in [0.15, 0.2) is 23.5 Å². The quantitative estimate of drug-likeness (QED) is 0.557. The van der Waals surface area contributed by atoms with E-state index >= 15 is 0 Å². The van der Waals surface area contributed by atoms with Gasteiger partial charge in [-0.1, -0.05) is 19.1 Å². The zero-order valence-electron chi connectivity index (χ0n) is 16.3. The number of fused-ring (bicyclic) bond motifs is 5. The van der Waals surface area contributed by atoms with Gasteiger partial charge in [0.15, 0.2) is 0 Å². The van der Waals surface area contributed by atoms with Crippen molar-refractivity contribution in [2.24, 2.45) is 35.5 Å². The first-order valence-electron chi connectivity index (χ1n) is 10.3. The summed E-state index contributed by atoms with van der Waals surface area (Å²) in [7, 11) is 0. The lowest BCUT2D eigenvalue weighted by molar-refractivity contribution is -0.150. The Hall–Kier alpha value is -1.95. The molecule has 0 aromatic carbocycles. The van der Waals surface area contributed by atoms with Gasteiger partial charge in [-0.05, 0) is 37.5 Å². The summed E-state index contributed by atoms with van der Waals surface area (Å²) >= 11 is 0. The van der Waals surface area contributed by atoms with E-state index < -0.39 is 24.1 Å². The highest BCUT2D eigenvalue weighted by Crippen LogP contribution is 2.52. The van der Waals surface area contributed by atoms with E-state index in [2.05, 4.69) is 0 Å². The highest BCUT2D eigenvalue weighted by molar-refractivity contribution is 5.92. The molecule has 2 fully saturated rings. The lowest BCUT2D eigenvalue weighted by atomic mass is 9.61. The number of esters is 1. The van der Waals surface area contributed by atoms with Crippen LogP contribution in [0.4, 0.5) is 0 Å². The smallest absolute Gasteiger partial charge is 0.338 e. The number of aliphatic hydroxyl groups is 2. The summed E-state index contributed by atoms with van der Waals surface area (Å²) in [6.45, 7) is 3.41. The molecule has 0 amide bonds.